The monoisotopic (exact) mass is 596 g/mol. The number of pyridine rings is 2. The maximum absolute atomic E-state index is 13.9. The molecule has 3 aromatic rings. The summed E-state index contributed by atoms with van der Waals surface area (Å²) in [5.41, 5.74) is -0.874. The van der Waals surface area contributed by atoms with Crippen molar-refractivity contribution in [3.8, 4) is 11.3 Å². The Bertz CT molecular complexity index is 1550. The fourth-order valence-corrected chi connectivity index (χ4v) is 7.03. The maximum atomic E-state index is 13.9. The van der Waals surface area contributed by atoms with Crippen molar-refractivity contribution in [1.29, 1.82) is 0 Å². The van der Waals surface area contributed by atoms with Crippen molar-refractivity contribution in [2.75, 3.05) is 13.1 Å². The number of thiophene rings is 1. The highest BCUT2D eigenvalue weighted by Crippen LogP contribution is 2.63. The molecule has 6 rings (SSSR count). The maximum Gasteiger partial charge on any atom is 0.433 e. The Labute approximate surface area is 237 Å². The number of hydrogen-bond acceptors (Lipinski definition) is 6. The Balaban J connectivity index is 0.00000323. The summed E-state index contributed by atoms with van der Waals surface area (Å²) in [5.74, 6) is -1.68. The average molecular weight is 597 g/mol. The second kappa shape index (κ2) is 9.47. The lowest BCUT2D eigenvalue weighted by atomic mass is 9.99. The van der Waals surface area contributed by atoms with E-state index >= 15 is 0 Å². The minimum Gasteiger partial charge on any atom is -0.336 e. The summed E-state index contributed by atoms with van der Waals surface area (Å²) in [4.78, 5) is 50.5. The molecule has 0 bridgehead atoms. The molecule has 1 aliphatic carbocycles. The number of piperidine rings is 1. The fourth-order valence-electron chi connectivity index (χ4n) is 5.91. The number of imide groups is 1. The van der Waals surface area contributed by atoms with E-state index in [1.54, 1.807) is 6.07 Å². The van der Waals surface area contributed by atoms with Crippen molar-refractivity contribution in [3.05, 3.63) is 46.1 Å². The number of nitrogens with zero attached hydrogens (tertiary/aromatic N) is 4. The van der Waals surface area contributed by atoms with Crippen LogP contribution in [0.25, 0.3) is 21.5 Å². The number of aromatic nitrogens is 2. The minimum atomic E-state index is -4.75. The first-order valence-corrected chi connectivity index (χ1v) is 13.4. The highest BCUT2D eigenvalue weighted by Gasteiger charge is 2.72. The lowest BCUT2D eigenvalue weighted by molar-refractivity contribution is -0.144. The minimum absolute atomic E-state index is 0. The van der Waals surface area contributed by atoms with Gasteiger partial charge >= 0.3 is 6.18 Å². The van der Waals surface area contributed by atoms with Crippen LogP contribution in [0, 0.1) is 24.2 Å². The smallest absolute Gasteiger partial charge is 0.336 e. The topological polar surface area (TPSA) is 83.5 Å². The summed E-state index contributed by atoms with van der Waals surface area (Å²) in [6.07, 6.45) is -4.37. The quantitative estimate of drug-likeness (QED) is 0.296. The van der Waals surface area contributed by atoms with Crippen molar-refractivity contribution >= 4 is 51.7 Å². The molecule has 0 spiro atoms. The predicted molar refractivity (Wildman–Crippen MR) is 142 cm³/mol. The Kier molecular flexibility index (Phi) is 6.73. The van der Waals surface area contributed by atoms with E-state index in [1.807, 2.05) is 13.8 Å². The molecular weight excluding hydrogens is 572 g/mol. The van der Waals surface area contributed by atoms with Gasteiger partial charge in [-0.3, -0.25) is 24.3 Å². The predicted octanol–water partition coefficient (Wildman–Crippen LogP) is 5.43. The third kappa shape index (κ3) is 4.36. The van der Waals surface area contributed by atoms with Crippen molar-refractivity contribution in [2.24, 2.45) is 17.3 Å². The van der Waals surface area contributed by atoms with Gasteiger partial charge in [0.1, 0.15) is 11.9 Å². The number of fused-ring (bicyclic) bond motifs is 2. The summed E-state index contributed by atoms with van der Waals surface area (Å²) in [7, 11) is 0. The zero-order chi connectivity index (χ0) is 28.0. The Hall–Kier alpha value is -3.12. The zero-order valence-corrected chi connectivity index (χ0v) is 23.3. The summed E-state index contributed by atoms with van der Waals surface area (Å²) in [6, 6.07) is 4.01. The lowest BCUT2D eigenvalue weighted by Crippen LogP contribution is -2.35. The van der Waals surface area contributed by atoms with Gasteiger partial charge in [0.2, 0.25) is 11.8 Å². The molecular formula is C27H25ClF4N4O3S. The summed E-state index contributed by atoms with van der Waals surface area (Å²) in [6.45, 7) is 5.25. The molecule has 3 aliphatic rings. The normalized spacial score (nSPS) is 23.5. The Morgan fingerprint density at radius 1 is 1.18 bits per heavy atom. The number of carbonyl (C=O) groups excluding carboxylic acids is 3. The first-order chi connectivity index (χ1) is 18.3. The van der Waals surface area contributed by atoms with Gasteiger partial charge in [-0.1, -0.05) is 13.8 Å². The van der Waals surface area contributed by atoms with E-state index < -0.39 is 23.9 Å². The molecule has 3 fully saturated rings. The number of likely N-dealkylation sites (tertiary alicyclic amines) is 2. The number of amides is 3. The van der Waals surface area contributed by atoms with E-state index in [0.29, 0.717) is 15.1 Å². The van der Waals surface area contributed by atoms with Gasteiger partial charge in [0.05, 0.1) is 46.4 Å². The zero-order valence-electron chi connectivity index (χ0n) is 21.7. The number of rotatable bonds is 4. The molecule has 0 radical (unpaired) electrons. The van der Waals surface area contributed by atoms with Crippen molar-refractivity contribution in [3.63, 3.8) is 0 Å². The van der Waals surface area contributed by atoms with Gasteiger partial charge in [0.15, 0.2) is 0 Å². The van der Waals surface area contributed by atoms with E-state index in [2.05, 4.69) is 9.97 Å². The lowest BCUT2D eigenvalue weighted by Gasteiger charge is -2.20. The highest BCUT2D eigenvalue weighted by molar-refractivity contribution is 7.19. The molecule has 13 heteroatoms. The molecule has 212 valence electrons. The number of alkyl halides is 4. The van der Waals surface area contributed by atoms with Crippen LogP contribution in [0.3, 0.4) is 0 Å². The van der Waals surface area contributed by atoms with Crippen LogP contribution in [-0.4, -0.2) is 56.8 Å². The van der Waals surface area contributed by atoms with Crippen LogP contribution in [-0.2, 0) is 22.3 Å². The van der Waals surface area contributed by atoms with Crippen LogP contribution in [0.15, 0.2) is 24.4 Å². The largest absolute Gasteiger partial charge is 0.433 e. The van der Waals surface area contributed by atoms with Crippen LogP contribution in [0.4, 0.5) is 17.6 Å². The van der Waals surface area contributed by atoms with Gasteiger partial charge in [0.25, 0.3) is 5.91 Å². The molecule has 5 heterocycles. The number of hydrogen-bond donors (Lipinski definition) is 0. The fraction of sp³-hybridized carbons (Fsp3) is 0.444. The molecule has 40 heavy (non-hydrogen) atoms. The second-order valence-corrected chi connectivity index (χ2v) is 12.1. The summed E-state index contributed by atoms with van der Waals surface area (Å²) < 4.78 is 55.7. The Morgan fingerprint density at radius 2 is 1.85 bits per heavy atom. The standard InChI is InChI=1S/C27H24F4N4O3S.ClH/c1-12-8-17(27(29,30)31)33-21(18(12)23(36)34-7-5-13(28)10-34)15-4-6-32-16-9-14(39-22(15)16)11-35-24(37)19-20(25(35)38)26(19,2)3;/h4,6,8-9,13,19-20H,5,7,10-11H2,1-3H3;1H. The van der Waals surface area contributed by atoms with Crippen LogP contribution >= 0.6 is 23.7 Å². The van der Waals surface area contributed by atoms with Gasteiger partial charge in [-0.25, -0.2) is 9.37 Å². The van der Waals surface area contributed by atoms with Crippen LogP contribution in [0.5, 0.6) is 0 Å². The average Bonchev–Trinajstić information content (AvgIpc) is 3.24. The molecule has 3 aromatic heterocycles. The molecule has 1 saturated carbocycles. The molecule has 2 saturated heterocycles. The molecule has 3 amide bonds. The molecule has 0 N–H and O–H groups in total. The third-order valence-corrected chi connectivity index (χ3v) is 9.20. The van der Waals surface area contributed by atoms with E-state index in [0.717, 1.165) is 6.07 Å². The summed E-state index contributed by atoms with van der Waals surface area (Å²) >= 11 is 1.18. The Morgan fingerprint density at radius 3 is 2.45 bits per heavy atom. The molecule has 3 unspecified atom stereocenters. The van der Waals surface area contributed by atoms with Gasteiger partial charge in [-0.15, -0.1) is 23.7 Å². The molecule has 7 nitrogen and oxygen atoms in total. The highest BCUT2D eigenvalue weighted by atomic mass is 35.5. The number of aryl methyl sites for hydroxylation is 1. The van der Waals surface area contributed by atoms with Gasteiger partial charge < -0.3 is 4.90 Å². The first kappa shape index (κ1) is 28.4. The van der Waals surface area contributed by atoms with Gasteiger partial charge in [0, 0.05) is 23.2 Å². The first-order valence-electron chi connectivity index (χ1n) is 12.5. The molecule has 0 aromatic carbocycles. The second-order valence-electron chi connectivity index (χ2n) is 11.0. The molecule has 2 aliphatic heterocycles. The van der Waals surface area contributed by atoms with Crippen LogP contribution in [0.2, 0.25) is 0 Å². The van der Waals surface area contributed by atoms with Crippen molar-refractivity contribution < 1.29 is 31.9 Å². The van der Waals surface area contributed by atoms with Crippen LogP contribution < -0.4 is 0 Å². The number of carbonyl (C=O) groups is 3. The SMILES string of the molecule is Cc1cc(C(F)(F)F)nc(-c2ccnc3cc(CN4C(=O)C5C(C4=O)C5(C)C)sc23)c1C(=O)N1CCC(F)C1.Cl. The third-order valence-electron chi connectivity index (χ3n) is 8.06. The van der Waals surface area contributed by atoms with E-state index in [-0.39, 0.29) is 89.9 Å². The van der Waals surface area contributed by atoms with Gasteiger partial charge in [-0.2, -0.15) is 13.2 Å². The number of halogens is 5. The van der Waals surface area contributed by atoms with E-state index in [1.165, 1.54) is 40.3 Å². The van der Waals surface area contributed by atoms with Crippen molar-refractivity contribution in [1.82, 2.24) is 19.8 Å². The van der Waals surface area contributed by atoms with E-state index in [4.69, 9.17) is 0 Å². The molecule has 3 atom stereocenters. The van der Waals surface area contributed by atoms with E-state index in [9.17, 15) is 31.9 Å². The summed E-state index contributed by atoms with van der Waals surface area (Å²) in [5, 5.41) is 0. The van der Waals surface area contributed by atoms with Gasteiger partial charge in [-0.05, 0) is 42.5 Å². The van der Waals surface area contributed by atoms with Crippen molar-refractivity contribution in [2.45, 2.75) is 46.1 Å². The van der Waals surface area contributed by atoms with Crippen LogP contribution in [0.1, 0.15) is 46.8 Å².